The average Bonchev–Trinajstić information content (AvgIpc) is 2.75. The smallest absolute Gasteiger partial charge is 0.330 e. The van der Waals surface area contributed by atoms with Gasteiger partial charge < -0.3 is 15.8 Å². The summed E-state index contributed by atoms with van der Waals surface area (Å²) in [5.41, 5.74) is 5.53. The van der Waals surface area contributed by atoms with Gasteiger partial charge in [-0.15, -0.1) is 11.8 Å². The van der Waals surface area contributed by atoms with E-state index < -0.39 is 17.2 Å². The molecule has 2 aromatic rings. The maximum absolute atomic E-state index is 13.5. The Morgan fingerprint density at radius 2 is 2.06 bits per heavy atom. The largest absolute Gasteiger partial charge is 0.383 e. The maximum Gasteiger partial charge on any atom is 0.330 e. The first-order chi connectivity index (χ1) is 15.3. The monoisotopic (exact) mass is 461 g/mol. The third kappa shape index (κ3) is 4.73. The number of amides is 2. The number of methoxy groups -OCH3 is 1. The molecule has 32 heavy (non-hydrogen) atoms. The number of hydrogen-bond acceptors (Lipinski definition) is 7. The van der Waals surface area contributed by atoms with E-state index >= 15 is 0 Å². The number of aromatic amines is 1. The minimum absolute atomic E-state index is 0.0455. The van der Waals surface area contributed by atoms with Crippen LogP contribution in [-0.2, 0) is 16.1 Å². The summed E-state index contributed by atoms with van der Waals surface area (Å²) in [6, 6.07) is 4.97. The quantitative estimate of drug-likeness (QED) is 0.543. The van der Waals surface area contributed by atoms with E-state index in [1.165, 1.54) is 28.3 Å². The van der Waals surface area contributed by atoms with E-state index in [2.05, 4.69) is 10.3 Å². The molecule has 0 fully saturated rings. The standard InChI is InChI=1S/C21H27N5O5S/c1-4-5-8-26-17(22)16(19(28)24-21(26)30)25(9-10-31-3)20(29)13-6-7-15-14(11-13)23-18(27)12(2)32-15/h6-7,11-12H,4-5,8-10,22H2,1-3H3,(H,23,27)(H,24,28,30)/t12-/m0/s1. The Labute approximate surface area is 189 Å². The zero-order valence-electron chi connectivity index (χ0n) is 18.3. The highest BCUT2D eigenvalue weighted by molar-refractivity contribution is 8.00. The number of nitrogen functional groups attached to an aromatic ring is 1. The van der Waals surface area contributed by atoms with Crippen molar-refractivity contribution in [2.75, 3.05) is 36.2 Å². The number of aromatic nitrogens is 2. The van der Waals surface area contributed by atoms with Gasteiger partial charge in [0.2, 0.25) is 5.91 Å². The van der Waals surface area contributed by atoms with Crippen molar-refractivity contribution in [3.8, 4) is 0 Å². The molecule has 0 unspecified atom stereocenters. The van der Waals surface area contributed by atoms with Gasteiger partial charge in [0.25, 0.3) is 11.5 Å². The molecule has 3 rings (SSSR count). The minimum Gasteiger partial charge on any atom is -0.383 e. The van der Waals surface area contributed by atoms with Gasteiger partial charge in [0.15, 0.2) is 5.69 Å². The predicted molar refractivity (Wildman–Crippen MR) is 125 cm³/mol. The van der Waals surface area contributed by atoms with Crippen molar-refractivity contribution in [3.05, 3.63) is 44.6 Å². The van der Waals surface area contributed by atoms with Gasteiger partial charge in [-0.3, -0.25) is 28.8 Å². The Hall–Kier alpha value is -3.05. The number of anilines is 3. The third-order valence-corrected chi connectivity index (χ3v) is 6.32. The Morgan fingerprint density at radius 3 is 2.75 bits per heavy atom. The van der Waals surface area contributed by atoms with Crippen LogP contribution in [0.25, 0.3) is 0 Å². The van der Waals surface area contributed by atoms with E-state index in [0.717, 1.165) is 11.3 Å². The molecule has 1 aromatic heterocycles. The summed E-state index contributed by atoms with van der Waals surface area (Å²) in [6.45, 7) is 4.28. The lowest BCUT2D eigenvalue weighted by Crippen LogP contribution is -2.42. The van der Waals surface area contributed by atoms with E-state index in [0.29, 0.717) is 18.7 Å². The van der Waals surface area contributed by atoms with Crippen LogP contribution in [-0.4, -0.2) is 46.9 Å². The lowest BCUT2D eigenvalue weighted by Gasteiger charge is -2.26. The number of benzene rings is 1. The SMILES string of the molecule is CCCCn1c(N)c(N(CCOC)C(=O)c2ccc3c(c2)NC(=O)[C@H](C)S3)c(=O)[nH]c1=O. The fourth-order valence-electron chi connectivity index (χ4n) is 3.37. The Kier molecular flexibility index (Phi) is 7.41. The number of thioether (sulfide) groups is 1. The average molecular weight is 462 g/mol. The van der Waals surface area contributed by atoms with Crippen molar-refractivity contribution < 1.29 is 14.3 Å². The van der Waals surface area contributed by atoms with E-state index in [9.17, 15) is 19.2 Å². The first kappa shape index (κ1) is 23.6. The highest BCUT2D eigenvalue weighted by Gasteiger charge is 2.28. The van der Waals surface area contributed by atoms with Crippen LogP contribution in [0.1, 0.15) is 37.0 Å². The number of nitrogens with zero attached hydrogens (tertiary/aromatic N) is 2. The van der Waals surface area contributed by atoms with Crippen molar-refractivity contribution in [1.82, 2.24) is 9.55 Å². The second kappa shape index (κ2) is 10.0. The van der Waals surface area contributed by atoms with Crippen LogP contribution in [0.5, 0.6) is 0 Å². The molecule has 0 radical (unpaired) electrons. The van der Waals surface area contributed by atoms with Crippen molar-refractivity contribution in [2.24, 2.45) is 0 Å². The normalized spacial score (nSPS) is 15.2. The van der Waals surface area contributed by atoms with Gasteiger partial charge in [0, 0.05) is 30.7 Å². The first-order valence-corrected chi connectivity index (χ1v) is 11.2. The molecular weight excluding hydrogens is 434 g/mol. The number of carbonyl (C=O) groups excluding carboxylic acids is 2. The Bertz CT molecular complexity index is 1140. The van der Waals surface area contributed by atoms with Crippen LogP contribution in [0.4, 0.5) is 17.2 Å². The number of nitrogens with two attached hydrogens (primary N) is 1. The molecule has 1 aliphatic rings. The summed E-state index contributed by atoms with van der Waals surface area (Å²) in [6.07, 6.45) is 1.51. The number of nitrogens with one attached hydrogen (secondary N) is 2. The predicted octanol–water partition coefficient (Wildman–Crippen LogP) is 1.64. The molecule has 172 valence electrons. The van der Waals surface area contributed by atoms with E-state index in [1.807, 2.05) is 6.92 Å². The topological polar surface area (TPSA) is 140 Å². The second-order valence-electron chi connectivity index (χ2n) is 7.41. The minimum atomic E-state index is -0.750. The molecule has 0 saturated heterocycles. The van der Waals surface area contributed by atoms with E-state index in [4.69, 9.17) is 10.5 Å². The Balaban J connectivity index is 2.05. The van der Waals surface area contributed by atoms with Crippen molar-refractivity contribution in [1.29, 1.82) is 0 Å². The van der Waals surface area contributed by atoms with Crippen molar-refractivity contribution >= 4 is 40.8 Å². The summed E-state index contributed by atoms with van der Waals surface area (Å²) in [5, 5.41) is 2.56. The zero-order valence-corrected chi connectivity index (χ0v) is 19.1. The lowest BCUT2D eigenvalue weighted by atomic mass is 10.1. The molecule has 1 aromatic carbocycles. The van der Waals surface area contributed by atoms with Gasteiger partial charge in [-0.05, 0) is 31.5 Å². The summed E-state index contributed by atoms with van der Waals surface area (Å²) in [4.78, 5) is 54.8. The van der Waals surface area contributed by atoms with E-state index in [-0.39, 0.29) is 41.4 Å². The van der Waals surface area contributed by atoms with Crippen LogP contribution in [0.3, 0.4) is 0 Å². The second-order valence-corrected chi connectivity index (χ2v) is 8.79. The van der Waals surface area contributed by atoms with Gasteiger partial charge in [-0.1, -0.05) is 13.3 Å². The number of rotatable bonds is 8. The van der Waals surface area contributed by atoms with Crippen molar-refractivity contribution in [3.63, 3.8) is 0 Å². The number of ether oxygens (including phenoxy) is 1. The highest BCUT2D eigenvalue weighted by Crippen LogP contribution is 2.36. The van der Waals surface area contributed by atoms with Crippen LogP contribution < -0.4 is 27.2 Å². The summed E-state index contributed by atoms with van der Waals surface area (Å²) in [5.74, 6) is -0.722. The molecule has 2 amide bonds. The molecular formula is C21H27N5O5S. The molecule has 2 heterocycles. The fourth-order valence-corrected chi connectivity index (χ4v) is 4.30. The molecule has 10 nitrogen and oxygen atoms in total. The van der Waals surface area contributed by atoms with Gasteiger partial charge in [-0.2, -0.15) is 0 Å². The number of unbranched alkanes of at least 4 members (excludes halogenated alkanes) is 1. The number of fused-ring (bicyclic) bond motifs is 1. The van der Waals surface area contributed by atoms with Crippen molar-refractivity contribution in [2.45, 2.75) is 43.4 Å². The number of carbonyl (C=O) groups is 2. The van der Waals surface area contributed by atoms with Crippen LogP contribution in [0.15, 0.2) is 32.7 Å². The van der Waals surface area contributed by atoms with E-state index in [1.54, 1.807) is 25.1 Å². The van der Waals surface area contributed by atoms with Crippen LogP contribution >= 0.6 is 11.8 Å². The van der Waals surface area contributed by atoms with Gasteiger partial charge in [0.05, 0.1) is 17.5 Å². The van der Waals surface area contributed by atoms with Crippen LogP contribution in [0.2, 0.25) is 0 Å². The lowest BCUT2D eigenvalue weighted by molar-refractivity contribution is -0.115. The molecule has 0 spiro atoms. The summed E-state index contributed by atoms with van der Waals surface area (Å²) in [7, 11) is 1.48. The fraction of sp³-hybridized carbons (Fsp3) is 0.429. The third-order valence-electron chi connectivity index (χ3n) is 5.14. The molecule has 0 aliphatic carbocycles. The zero-order chi connectivity index (χ0) is 23.4. The molecule has 11 heteroatoms. The summed E-state index contributed by atoms with van der Waals surface area (Å²) >= 11 is 1.41. The van der Waals surface area contributed by atoms with Gasteiger partial charge >= 0.3 is 5.69 Å². The molecule has 1 aliphatic heterocycles. The highest BCUT2D eigenvalue weighted by atomic mass is 32.2. The first-order valence-electron chi connectivity index (χ1n) is 10.3. The molecule has 4 N–H and O–H groups in total. The molecule has 0 saturated carbocycles. The van der Waals surface area contributed by atoms with Crippen LogP contribution in [0, 0.1) is 0 Å². The summed E-state index contributed by atoms with van der Waals surface area (Å²) < 4.78 is 6.38. The van der Waals surface area contributed by atoms with Gasteiger partial charge in [-0.25, -0.2) is 4.79 Å². The maximum atomic E-state index is 13.5. The number of H-pyrrole nitrogens is 1. The number of hydrogen-bond donors (Lipinski definition) is 3. The van der Waals surface area contributed by atoms with Gasteiger partial charge in [0.1, 0.15) is 5.82 Å². The molecule has 0 bridgehead atoms. The Morgan fingerprint density at radius 1 is 1.31 bits per heavy atom. The molecule has 1 atom stereocenters.